The third-order valence-corrected chi connectivity index (χ3v) is 5.17. The number of hydrogen-bond donors (Lipinski definition) is 1. The molecule has 2 heterocycles. The number of halogens is 2. The highest BCUT2D eigenvalue weighted by molar-refractivity contribution is 7.80. The Bertz CT molecular complexity index is 921. The summed E-state index contributed by atoms with van der Waals surface area (Å²) in [5.41, 5.74) is 3.03. The SMILES string of the molecule is Fc1ccc([C@@H]2c3cccn3CCN2C(=S)Nc2ccc(Cl)cc2)cc1. The largest absolute Gasteiger partial charge is 0.348 e. The zero-order chi connectivity index (χ0) is 18.1. The van der Waals surface area contributed by atoms with E-state index in [1.54, 1.807) is 0 Å². The van der Waals surface area contributed by atoms with Crippen molar-refractivity contribution >= 4 is 34.6 Å². The molecule has 0 spiro atoms. The number of thiocarbonyl (C=S) groups is 1. The molecule has 3 nitrogen and oxygen atoms in total. The molecule has 1 atom stereocenters. The summed E-state index contributed by atoms with van der Waals surface area (Å²) >= 11 is 11.6. The maximum Gasteiger partial charge on any atom is 0.174 e. The number of benzene rings is 2. The summed E-state index contributed by atoms with van der Waals surface area (Å²) in [5, 5.41) is 4.60. The lowest BCUT2D eigenvalue weighted by atomic mass is 10.0. The standard InChI is InChI=1S/C20H17ClFN3S/c21-15-5-9-17(10-6-15)23-20(26)25-13-12-24-11-1-2-18(24)19(25)14-3-7-16(22)8-4-14/h1-11,19H,12-13H2,(H,23,26)/t19-/m1/s1. The summed E-state index contributed by atoms with van der Waals surface area (Å²) in [4.78, 5) is 2.15. The van der Waals surface area contributed by atoms with Crippen LogP contribution in [0.25, 0.3) is 0 Å². The van der Waals surface area contributed by atoms with E-state index in [1.165, 1.54) is 12.1 Å². The predicted molar refractivity (Wildman–Crippen MR) is 107 cm³/mol. The van der Waals surface area contributed by atoms with Crippen molar-refractivity contribution in [1.29, 1.82) is 0 Å². The second kappa shape index (κ2) is 7.09. The fourth-order valence-electron chi connectivity index (χ4n) is 3.33. The Morgan fingerprint density at radius 2 is 1.77 bits per heavy atom. The van der Waals surface area contributed by atoms with Crippen molar-refractivity contribution in [1.82, 2.24) is 9.47 Å². The van der Waals surface area contributed by atoms with E-state index in [-0.39, 0.29) is 11.9 Å². The van der Waals surface area contributed by atoms with Gasteiger partial charge in [0.1, 0.15) is 5.82 Å². The molecule has 6 heteroatoms. The highest BCUT2D eigenvalue weighted by Crippen LogP contribution is 2.33. The van der Waals surface area contributed by atoms with Gasteiger partial charge in [-0.05, 0) is 66.3 Å². The van der Waals surface area contributed by atoms with Gasteiger partial charge in [0.05, 0.1) is 6.04 Å². The zero-order valence-corrected chi connectivity index (χ0v) is 15.5. The van der Waals surface area contributed by atoms with Gasteiger partial charge in [-0.2, -0.15) is 0 Å². The molecule has 0 radical (unpaired) electrons. The van der Waals surface area contributed by atoms with E-state index in [0.717, 1.165) is 30.0 Å². The van der Waals surface area contributed by atoms with Crippen molar-refractivity contribution < 1.29 is 4.39 Å². The monoisotopic (exact) mass is 385 g/mol. The summed E-state index contributed by atoms with van der Waals surface area (Å²) in [6.45, 7) is 1.62. The van der Waals surface area contributed by atoms with Crippen LogP contribution in [0.5, 0.6) is 0 Å². The van der Waals surface area contributed by atoms with Gasteiger partial charge < -0.3 is 14.8 Å². The van der Waals surface area contributed by atoms with E-state index >= 15 is 0 Å². The highest BCUT2D eigenvalue weighted by atomic mass is 35.5. The van der Waals surface area contributed by atoms with Crippen molar-refractivity contribution in [3.8, 4) is 0 Å². The second-order valence-electron chi connectivity index (χ2n) is 6.21. The van der Waals surface area contributed by atoms with Crippen LogP contribution in [0.3, 0.4) is 0 Å². The number of hydrogen-bond acceptors (Lipinski definition) is 1. The van der Waals surface area contributed by atoms with Crippen molar-refractivity contribution in [2.24, 2.45) is 0 Å². The van der Waals surface area contributed by atoms with Crippen LogP contribution in [0.15, 0.2) is 66.9 Å². The van der Waals surface area contributed by atoms with E-state index in [0.29, 0.717) is 10.1 Å². The molecule has 0 aliphatic carbocycles. The average molecular weight is 386 g/mol. The highest BCUT2D eigenvalue weighted by Gasteiger charge is 2.30. The summed E-state index contributed by atoms with van der Waals surface area (Å²) < 4.78 is 15.6. The van der Waals surface area contributed by atoms with Crippen LogP contribution in [0, 0.1) is 5.82 Å². The molecular formula is C20H17ClFN3S. The lowest BCUT2D eigenvalue weighted by molar-refractivity contribution is 0.293. The number of nitrogens with one attached hydrogen (secondary N) is 1. The molecule has 0 saturated carbocycles. The molecule has 3 aromatic rings. The molecule has 2 aromatic carbocycles. The van der Waals surface area contributed by atoms with E-state index in [9.17, 15) is 4.39 Å². The summed E-state index contributed by atoms with van der Waals surface area (Å²) in [5.74, 6) is -0.242. The minimum atomic E-state index is -0.242. The molecular weight excluding hydrogens is 369 g/mol. The number of aromatic nitrogens is 1. The van der Waals surface area contributed by atoms with Gasteiger partial charge in [0.15, 0.2) is 5.11 Å². The van der Waals surface area contributed by atoms with Crippen LogP contribution < -0.4 is 5.32 Å². The molecule has 4 rings (SSSR count). The summed E-state index contributed by atoms with van der Waals surface area (Å²) in [7, 11) is 0. The maximum atomic E-state index is 13.4. The third-order valence-electron chi connectivity index (χ3n) is 4.58. The Morgan fingerprint density at radius 3 is 2.50 bits per heavy atom. The van der Waals surface area contributed by atoms with Gasteiger partial charge in [0, 0.05) is 35.7 Å². The first-order chi connectivity index (χ1) is 12.6. The first-order valence-corrected chi connectivity index (χ1v) is 9.14. The Morgan fingerprint density at radius 1 is 1.04 bits per heavy atom. The molecule has 0 unspecified atom stereocenters. The molecule has 0 fully saturated rings. The molecule has 26 heavy (non-hydrogen) atoms. The van der Waals surface area contributed by atoms with Crippen LogP contribution in [0.2, 0.25) is 5.02 Å². The van der Waals surface area contributed by atoms with Gasteiger partial charge in [-0.15, -0.1) is 0 Å². The lowest BCUT2D eigenvalue weighted by Crippen LogP contribution is -2.44. The quantitative estimate of drug-likeness (QED) is 0.621. The van der Waals surface area contributed by atoms with E-state index in [1.807, 2.05) is 42.5 Å². The maximum absolute atomic E-state index is 13.4. The van der Waals surface area contributed by atoms with Gasteiger partial charge in [0.25, 0.3) is 0 Å². The fraction of sp³-hybridized carbons (Fsp3) is 0.150. The summed E-state index contributed by atoms with van der Waals surface area (Å²) in [6, 6.07) is 18.1. The number of anilines is 1. The van der Waals surface area contributed by atoms with Crippen LogP contribution in [-0.4, -0.2) is 21.1 Å². The Kier molecular flexibility index (Phi) is 4.66. The van der Waals surface area contributed by atoms with Crippen LogP contribution in [-0.2, 0) is 6.54 Å². The first-order valence-electron chi connectivity index (χ1n) is 8.35. The Hall–Kier alpha value is -2.37. The van der Waals surface area contributed by atoms with Crippen LogP contribution in [0.4, 0.5) is 10.1 Å². The van der Waals surface area contributed by atoms with Gasteiger partial charge in [-0.25, -0.2) is 4.39 Å². The zero-order valence-electron chi connectivity index (χ0n) is 13.9. The molecule has 0 amide bonds. The smallest absolute Gasteiger partial charge is 0.174 e. The molecule has 1 aliphatic heterocycles. The first kappa shape index (κ1) is 17.1. The lowest BCUT2D eigenvalue weighted by Gasteiger charge is -2.39. The van der Waals surface area contributed by atoms with Crippen molar-refractivity contribution in [2.45, 2.75) is 12.6 Å². The Balaban J connectivity index is 1.66. The number of nitrogens with zero attached hydrogens (tertiary/aromatic N) is 2. The normalized spacial score (nSPS) is 16.2. The van der Waals surface area contributed by atoms with Crippen molar-refractivity contribution in [3.63, 3.8) is 0 Å². The van der Waals surface area contributed by atoms with Crippen molar-refractivity contribution in [2.75, 3.05) is 11.9 Å². The van der Waals surface area contributed by atoms with Crippen LogP contribution in [0.1, 0.15) is 17.3 Å². The number of rotatable bonds is 2. The molecule has 0 saturated heterocycles. The van der Waals surface area contributed by atoms with E-state index in [2.05, 4.69) is 27.0 Å². The summed E-state index contributed by atoms with van der Waals surface area (Å²) in [6.07, 6.45) is 2.07. The number of fused-ring (bicyclic) bond motifs is 1. The minimum Gasteiger partial charge on any atom is -0.348 e. The molecule has 132 valence electrons. The fourth-order valence-corrected chi connectivity index (χ4v) is 3.77. The van der Waals surface area contributed by atoms with Gasteiger partial charge in [-0.3, -0.25) is 0 Å². The topological polar surface area (TPSA) is 20.2 Å². The van der Waals surface area contributed by atoms with Crippen LogP contribution >= 0.6 is 23.8 Å². The van der Waals surface area contributed by atoms with Gasteiger partial charge in [0.2, 0.25) is 0 Å². The average Bonchev–Trinajstić information content (AvgIpc) is 3.12. The van der Waals surface area contributed by atoms with Gasteiger partial charge in [-0.1, -0.05) is 23.7 Å². The van der Waals surface area contributed by atoms with E-state index < -0.39 is 0 Å². The third kappa shape index (κ3) is 3.32. The Labute approximate surface area is 162 Å². The molecule has 1 aromatic heterocycles. The van der Waals surface area contributed by atoms with E-state index in [4.69, 9.17) is 23.8 Å². The predicted octanol–water partition coefficient (Wildman–Crippen LogP) is 5.08. The minimum absolute atomic E-state index is 0.0633. The van der Waals surface area contributed by atoms with Crippen molar-refractivity contribution in [3.05, 3.63) is 89.0 Å². The molecule has 1 N–H and O–H groups in total. The second-order valence-corrected chi connectivity index (χ2v) is 7.03. The van der Waals surface area contributed by atoms with Gasteiger partial charge >= 0.3 is 0 Å². The molecule has 1 aliphatic rings. The molecule has 0 bridgehead atoms.